The van der Waals surface area contributed by atoms with E-state index in [4.69, 9.17) is 0 Å². The Labute approximate surface area is 89.8 Å². The Morgan fingerprint density at radius 1 is 1.33 bits per heavy atom. The van der Waals surface area contributed by atoms with Crippen LogP contribution in [0.3, 0.4) is 0 Å². The second-order valence-corrected chi connectivity index (χ2v) is 3.72. The molecule has 1 heterocycles. The molecule has 0 bridgehead atoms. The van der Waals surface area contributed by atoms with E-state index in [1.165, 1.54) is 9.80 Å². The highest BCUT2D eigenvalue weighted by molar-refractivity contribution is 6.35. The van der Waals surface area contributed by atoms with E-state index in [1.54, 1.807) is 6.08 Å². The Kier molecular flexibility index (Phi) is 3.66. The fourth-order valence-electron chi connectivity index (χ4n) is 1.52. The lowest BCUT2D eigenvalue weighted by Gasteiger charge is -2.33. The summed E-state index contributed by atoms with van der Waals surface area (Å²) in [5.41, 5.74) is 0.883. The summed E-state index contributed by atoms with van der Waals surface area (Å²) in [5, 5.41) is 0. The summed E-state index contributed by atoms with van der Waals surface area (Å²) < 4.78 is 0. The molecule has 4 nitrogen and oxygen atoms in total. The van der Waals surface area contributed by atoms with Crippen molar-refractivity contribution in [3.05, 3.63) is 24.8 Å². The fraction of sp³-hybridized carbons (Fsp3) is 0.455. The van der Waals surface area contributed by atoms with E-state index >= 15 is 0 Å². The number of hydrogen-bond acceptors (Lipinski definition) is 2. The summed E-state index contributed by atoms with van der Waals surface area (Å²) in [6.45, 7) is 11.2. The average molecular weight is 208 g/mol. The molecule has 2 amide bonds. The molecule has 1 fully saturated rings. The maximum absolute atomic E-state index is 11.6. The van der Waals surface area contributed by atoms with Gasteiger partial charge in [-0.2, -0.15) is 0 Å². The van der Waals surface area contributed by atoms with Gasteiger partial charge in [0.15, 0.2) is 0 Å². The van der Waals surface area contributed by atoms with Gasteiger partial charge in [0, 0.05) is 26.2 Å². The van der Waals surface area contributed by atoms with Crippen molar-refractivity contribution in [1.29, 1.82) is 0 Å². The van der Waals surface area contributed by atoms with Crippen LogP contribution in [0.15, 0.2) is 24.8 Å². The molecule has 1 rings (SSSR count). The molecule has 0 spiro atoms. The maximum Gasteiger partial charge on any atom is 0.312 e. The molecule has 0 unspecified atom stereocenters. The molecule has 0 aromatic carbocycles. The summed E-state index contributed by atoms with van der Waals surface area (Å²) in [7, 11) is 0. The number of carbonyl (C=O) groups excluding carboxylic acids is 2. The van der Waals surface area contributed by atoms with Gasteiger partial charge in [0.05, 0.1) is 0 Å². The second-order valence-electron chi connectivity index (χ2n) is 3.72. The Morgan fingerprint density at radius 3 is 2.40 bits per heavy atom. The number of nitrogens with zero attached hydrogens (tertiary/aromatic N) is 2. The lowest BCUT2D eigenvalue weighted by Crippen LogP contribution is -2.54. The van der Waals surface area contributed by atoms with Crippen molar-refractivity contribution in [3.8, 4) is 0 Å². The van der Waals surface area contributed by atoms with E-state index in [1.807, 2.05) is 6.92 Å². The summed E-state index contributed by atoms with van der Waals surface area (Å²) in [6, 6.07) is 0. The van der Waals surface area contributed by atoms with Crippen LogP contribution in [0, 0.1) is 0 Å². The van der Waals surface area contributed by atoms with Gasteiger partial charge < -0.3 is 9.80 Å². The van der Waals surface area contributed by atoms with Crippen LogP contribution >= 0.6 is 0 Å². The Bertz CT molecular complexity index is 310. The standard InChI is InChI=1S/C11H16N2O2/c1-4-5-12-6-7-13(8-9(2)3)11(15)10(12)14/h4H,1-2,5-8H2,3H3. The van der Waals surface area contributed by atoms with Crippen LogP contribution < -0.4 is 0 Å². The summed E-state index contributed by atoms with van der Waals surface area (Å²) in [4.78, 5) is 26.2. The van der Waals surface area contributed by atoms with Crippen LogP contribution in [-0.2, 0) is 9.59 Å². The van der Waals surface area contributed by atoms with Gasteiger partial charge >= 0.3 is 11.8 Å². The fourth-order valence-corrected chi connectivity index (χ4v) is 1.52. The van der Waals surface area contributed by atoms with E-state index in [0.717, 1.165) is 5.57 Å². The average Bonchev–Trinajstić information content (AvgIpc) is 2.17. The SMILES string of the molecule is C=CCN1CCN(CC(=C)C)C(=O)C1=O. The zero-order chi connectivity index (χ0) is 11.4. The van der Waals surface area contributed by atoms with Crippen LogP contribution in [0.1, 0.15) is 6.92 Å². The number of carbonyl (C=O) groups is 2. The molecule has 0 aliphatic carbocycles. The maximum atomic E-state index is 11.6. The molecule has 1 aliphatic heterocycles. The first-order valence-corrected chi connectivity index (χ1v) is 4.89. The molecule has 0 aromatic rings. The van der Waals surface area contributed by atoms with Crippen molar-refractivity contribution < 1.29 is 9.59 Å². The minimum absolute atomic E-state index is 0.436. The predicted octanol–water partition coefficient (Wildman–Crippen LogP) is 0.419. The number of piperazine rings is 1. The van der Waals surface area contributed by atoms with Crippen LogP contribution in [0.4, 0.5) is 0 Å². The molecular formula is C11H16N2O2. The van der Waals surface area contributed by atoms with Gasteiger partial charge in [-0.1, -0.05) is 18.2 Å². The molecule has 0 atom stereocenters. The number of amides is 2. The molecule has 15 heavy (non-hydrogen) atoms. The van der Waals surface area contributed by atoms with Crippen molar-refractivity contribution >= 4 is 11.8 Å². The zero-order valence-electron chi connectivity index (χ0n) is 9.03. The largest absolute Gasteiger partial charge is 0.329 e. The van der Waals surface area contributed by atoms with E-state index in [2.05, 4.69) is 13.2 Å². The molecule has 1 saturated heterocycles. The highest BCUT2D eigenvalue weighted by atomic mass is 16.2. The highest BCUT2D eigenvalue weighted by Crippen LogP contribution is 2.06. The van der Waals surface area contributed by atoms with Gasteiger partial charge in [0.2, 0.25) is 0 Å². The van der Waals surface area contributed by atoms with Crippen molar-refractivity contribution in [2.24, 2.45) is 0 Å². The van der Waals surface area contributed by atoms with E-state index in [0.29, 0.717) is 26.2 Å². The predicted molar refractivity (Wildman–Crippen MR) is 58.2 cm³/mol. The molecule has 0 saturated carbocycles. The normalized spacial score (nSPS) is 16.9. The lowest BCUT2D eigenvalue weighted by molar-refractivity contribution is -0.155. The highest BCUT2D eigenvalue weighted by Gasteiger charge is 2.31. The quantitative estimate of drug-likeness (QED) is 0.496. The number of hydrogen-bond donors (Lipinski definition) is 0. The Morgan fingerprint density at radius 2 is 1.87 bits per heavy atom. The summed E-state index contributed by atoms with van der Waals surface area (Å²) in [5.74, 6) is -0.881. The third-order valence-electron chi connectivity index (χ3n) is 2.21. The Balaban J connectivity index is 2.64. The molecular weight excluding hydrogens is 192 g/mol. The first kappa shape index (κ1) is 11.5. The van der Waals surface area contributed by atoms with Gasteiger partial charge in [-0.25, -0.2) is 0 Å². The molecule has 1 aliphatic rings. The van der Waals surface area contributed by atoms with Crippen LogP contribution in [0.5, 0.6) is 0 Å². The van der Waals surface area contributed by atoms with Gasteiger partial charge in [0.25, 0.3) is 0 Å². The van der Waals surface area contributed by atoms with Gasteiger partial charge in [-0.05, 0) is 6.92 Å². The topological polar surface area (TPSA) is 40.6 Å². The van der Waals surface area contributed by atoms with Crippen LogP contribution in [0.25, 0.3) is 0 Å². The number of rotatable bonds is 4. The van der Waals surface area contributed by atoms with Gasteiger partial charge in [0.1, 0.15) is 0 Å². The van der Waals surface area contributed by atoms with E-state index < -0.39 is 11.8 Å². The second kappa shape index (κ2) is 4.77. The summed E-state index contributed by atoms with van der Waals surface area (Å²) >= 11 is 0. The third kappa shape index (κ3) is 2.68. The molecule has 0 N–H and O–H groups in total. The van der Waals surface area contributed by atoms with Gasteiger partial charge in [-0.3, -0.25) is 9.59 Å². The third-order valence-corrected chi connectivity index (χ3v) is 2.21. The molecule has 0 radical (unpaired) electrons. The van der Waals surface area contributed by atoms with Crippen molar-refractivity contribution in [1.82, 2.24) is 9.80 Å². The molecule has 0 aromatic heterocycles. The lowest BCUT2D eigenvalue weighted by atomic mass is 10.2. The minimum Gasteiger partial charge on any atom is -0.329 e. The van der Waals surface area contributed by atoms with Crippen LogP contribution in [0.2, 0.25) is 0 Å². The van der Waals surface area contributed by atoms with Gasteiger partial charge in [-0.15, -0.1) is 6.58 Å². The van der Waals surface area contributed by atoms with Crippen molar-refractivity contribution in [2.45, 2.75) is 6.92 Å². The van der Waals surface area contributed by atoms with Crippen molar-refractivity contribution in [3.63, 3.8) is 0 Å². The first-order valence-electron chi connectivity index (χ1n) is 4.89. The smallest absolute Gasteiger partial charge is 0.312 e. The molecule has 82 valence electrons. The minimum atomic E-state index is -0.442. The first-order chi connectivity index (χ1) is 7.06. The Hall–Kier alpha value is -1.58. The van der Waals surface area contributed by atoms with E-state index in [9.17, 15) is 9.59 Å². The van der Waals surface area contributed by atoms with Crippen LogP contribution in [-0.4, -0.2) is 47.8 Å². The van der Waals surface area contributed by atoms with Crippen molar-refractivity contribution in [2.75, 3.05) is 26.2 Å². The zero-order valence-corrected chi connectivity index (χ0v) is 9.03. The van der Waals surface area contributed by atoms with E-state index in [-0.39, 0.29) is 0 Å². The summed E-state index contributed by atoms with van der Waals surface area (Å²) in [6.07, 6.45) is 1.62. The monoisotopic (exact) mass is 208 g/mol. The molecule has 4 heteroatoms.